The van der Waals surface area contributed by atoms with Crippen LogP contribution in [-0.2, 0) is 0 Å². The zero-order valence-electron chi connectivity index (χ0n) is 16.1. The Morgan fingerprint density at radius 2 is 2.04 bits per heavy atom. The monoisotopic (exact) mass is 345 g/mol. The topological polar surface area (TPSA) is 55.5 Å². The highest BCUT2D eigenvalue weighted by Crippen LogP contribution is 2.49. The molecule has 1 heterocycles. The highest BCUT2D eigenvalue weighted by molar-refractivity contribution is 5.52. The summed E-state index contributed by atoms with van der Waals surface area (Å²) in [5.74, 6) is 3.24. The number of ether oxygens (including phenoxy) is 1. The third-order valence-electron chi connectivity index (χ3n) is 6.64. The van der Waals surface area contributed by atoms with E-state index in [2.05, 4.69) is 26.8 Å². The minimum Gasteiger partial charge on any atom is -0.508 e. The predicted molar refractivity (Wildman–Crippen MR) is 103 cm³/mol. The minimum absolute atomic E-state index is 0.254. The van der Waals surface area contributed by atoms with E-state index in [0.29, 0.717) is 29.4 Å². The Bertz CT molecular complexity index is 586. The van der Waals surface area contributed by atoms with Gasteiger partial charge in [-0.15, -0.1) is 0 Å². The van der Waals surface area contributed by atoms with Gasteiger partial charge < -0.3 is 15.6 Å². The molecule has 0 spiro atoms. The number of phenols is 1. The van der Waals surface area contributed by atoms with Crippen molar-refractivity contribution in [2.24, 2.45) is 17.6 Å². The van der Waals surface area contributed by atoms with Crippen molar-refractivity contribution in [3.63, 3.8) is 0 Å². The van der Waals surface area contributed by atoms with Crippen molar-refractivity contribution < 1.29 is 9.84 Å². The van der Waals surface area contributed by atoms with Crippen LogP contribution in [-0.4, -0.2) is 17.8 Å². The number of nitrogens with two attached hydrogens (primary N) is 1. The fraction of sp³-hybridized carbons (Fsp3) is 0.727. The lowest BCUT2D eigenvalue weighted by molar-refractivity contribution is 0.146. The number of rotatable bonds is 6. The quantitative estimate of drug-likeness (QED) is 0.686. The van der Waals surface area contributed by atoms with E-state index < -0.39 is 0 Å². The van der Waals surface area contributed by atoms with Gasteiger partial charge in [0.15, 0.2) is 0 Å². The summed E-state index contributed by atoms with van der Waals surface area (Å²) in [4.78, 5) is 0. The Kier molecular flexibility index (Phi) is 5.93. The summed E-state index contributed by atoms with van der Waals surface area (Å²) in [7, 11) is 0. The van der Waals surface area contributed by atoms with Gasteiger partial charge in [0.05, 0.1) is 6.61 Å². The van der Waals surface area contributed by atoms with Gasteiger partial charge >= 0.3 is 0 Å². The first-order chi connectivity index (χ1) is 12.0. The summed E-state index contributed by atoms with van der Waals surface area (Å²) in [6.07, 6.45) is 8.25. The number of phenolic OH excluding ortho intramolecular Hbond substituents is 1. The predicted octanol–water partition coefficient (Wildman–Crippen LogP) is 5.32. The largest absolute Gasteiger partial charge is 0.508 e. The first-order valence-corrected chi connectivity index (χ1v) is 10.3. The molecule has 0 radical (unpaired) electrons. The Hall–Kier alpha value is -1.22. The van der Waals surface area contributed by atoms with Crippen LogP contribution < -0.4 is 10.5 Å². The Morgan fingerprint density at radius 3 is 2.80 bits per heavy atom. The van der Waals surface area contributed by atoms with E-state index in [4.69, 9.17) is 10.5 Å². The maximum Gasteiger partial charge on any atom is 0.126 e. The number of hydrogen-bond donors (Lipinski definition) is 2. The van der Waals surface area contributed by atoms with Crippen LogP contribution in [0.2, 0.25) is 0 Å². The molecule has 1 aromatic carbocycles. The molecular weight excluding hydrogens is 310 g/mol. The summed E-state index contributed by atoms with van der Waals surface area (Å²) >= 11 is 0. The number of benzene rings is 1. The number of aromatic hydroxyl groups is 1. The van der Waals surface area contributed by atoms with Gasteiger partial charge in [-0.1, -0.05) is 46.5 Å². The van der Waals surface area contributed by atoms with E-state index in [9.17, 15) is 5.11 Å². The van der Waals surface area contributed by atoms with Crippen molar-refractivity contribution in [1.82, 2.24) is 0 Å². The molecular formula is C22H35NO2. The normalized spacial score (nSPS) is 27.8. The second-order valence-corrected chi connectivity index (χ2v) is 8.46. The average molecular weight is 346 g/mol. The molecule has 3 nitrogen and oxygen atoms in total. The second kappa shape index (κ2) is 7.99. The van der Waals surface area contributed by atoms with Gasteiger partial charge in [0.25, 0.3) is 0 Å². The van der Waals surface area contributed by atoms with Crippen molar-refractivity contribution in [2.45, 2.75) is 83.6 Å². The molecule has 25 heavy (non-hydrogen) atoms. The molecule has 140 valence electrons. The standard InChI is InChI=1S/C22H35NO2/c1-4-5-6-7-14(2)15(3)17-10-20(24)22-19-12-18(23)9-8-16(19)13-25-21(22)11-17/h10-11,14-16,18-19,24H,4-9,12-13,23H2,1-3H3. The van der Waals surface area contributed by atoms with Crippen molar-refractivity contribution in [2.75, 3.05) is 6.61 Å². The molecule has 0 amide bonds. The Morgan fingerprint density at radius 1 is 1.24 bits per heavy atom. The van der Waals surface area contributed by atoms with E-state index in [0.717, 1.165) is 37.2 Å². The molecule has 0 saturated heterocycles. The fourth-order valence-electron chi connectivity index (χ4n) is 4.70. The van der Waals surface area contributed by atoms with Gasteiger partial charge in [-0.25, -0.2) is 0 Å². The molecule has 2 aliphatic rings. The average Bonchev–Trinajstić information content (AvgIpc) is 2.60. The van der Waals surface area contributed by atoms with Gasteiger partial charge in [0, 0.05) is 17.5 Å². The second-order valence-electron chi connectivity index (χ2n) is 8.46. The lowest BCUT2D eigenvalue weighted by Crippen LogP contribution is -2.37. The Balaban J connectivity index is 1.80. The molecule has 0 aromatic heterocycles. The van der Waals surface area contributed by atoms with E-state index >= 15 is 0 Å². The van der Waals surface area contributed by atoms with Crippen LogP contribution >= 0.6 is 0 Å². The van der Waals surface area contributed by atoms with Crippen molar-refractivity contribution in [3.8, 4) is 11.5 Å². The highest BCUT2D eigenvalue weighted by Gasteiger charge is 2.37. The van der Waals surface area contributed by atoms with E-state index in [1.807, 2.05) is 6.07 Å². The molecule has 3 N–H and O–H groups in total. The zero-order chi connectivity index (χ0) is 18.0. The molecule has 1 aliphatic carbocycles. The summed E-state index contributed by atoms with van der Waals surface area (Å²) in [6, 6.07) is 4.43. The first-order valence-electron chi connectivity index (χ1n) is 10.3. The smallest absolute Gasteiger partial charge is 0.126 e. The minimum atomic E-state index is 0.254. The van der Waals surface area contributed by atoms with Crippen molar-refractivity contribution in [3.05, 3.63) is 23.3 Å². The molecule has 0 bridgehead atoms. The number of unbranched alkanes of at least 4 members (excludes halogenated alkanes) is 2. The maximum absolute atomic E-state index is 10.8. The van der Waals surface area contributed by atoms with Crippen LogP contribution in [0.15, 0.2) is 12.1 Å². The molecule has 5 unspecified atom stereocenters. The SMILES string of the molecule is CCCCCC(C)C(C)c1cc(O)c2c(c1)OCC1CCC(N)CC21. The van der Waals surface area contributed by atoms with E-state index in [1.165, 1.54) is 31.2 Å². The lowest BCUT2D eigenvalue weighted by atomic mass is 9.72. The zero-order valence-corrected chi connectivity index (χ0v) is 16.1. The van der Waals surface area contributed by atoms with Gasteiger partial charge in [0.1, 0.15) is 11.5 Å². The van der Waals surface area contributed by atoms with Gasteiger partial charge in [0.2, 0.25) is 0 Å². The van der Waals surface area contributed by atoms with Crippen molar-refractivity contribution >= 4 is 0 Å². The van der Waals surface area contributed by atoms with Gasteiger partial charge in [-0.2, -0.15) is 0 Å². The molecule has 5 atom stereocenters. The number of hydrogen-bond acceptors (Lipinski definition) is 3. The van der Waals surface area contributed by atoms with Crippen LogP contribution in [0, 0.1) is 11.8 Å². The summed E-state index contributed by atoms with van der Waals surface area (Å²) in [6.45, 7) is 7.62. The highest BCUT2D eigenvalue weighted by atomic mass is 16.5. The summed E-state index contributed by atoms with van der Waals surface area (Å²) in [5, 5.41) is 10.8. The summed E-state index contributed by atoms with van der Waals surface area (Å²) in [5.41, 5.74) is 8.42. The molecule has 3 rings (SSSR count). The Labute approximate surface area is 153 Å². The third-order valence-corrected chi connectivity index (χ3v) is 6.64. The first kappa shape index (κ1) is 18.6. The summed E-state index contributed by atoms with van der Waals surface area (Å²) < 4.78 is 6.08. The van der Waals surface area contributed by atoms with Crippen LogP contribution in [0.25, 0.3) is 0 Å². The van der Waals surface area contributed by atoms with Crippen LogP contribution in [0.4, 0.5) is 0 Å². The third kappa shape index (κ3) is 3.97. The lowest BCUT2D eigenvalue weighted by Gasteiger charge is -2.39. The molecule has 1 saturated carbocycles. The maximum atomic E-state index is 10.8. The van der Waals surface area contributed by atoms with Gasteiger partial charge in [-0.05, 0) is 54.7 Å². The van der Waals surface area contributed by atoms with Crippen molar-refractivity contribution in [1.29, 1.82) is 0 Å². The fourth-order valence-corrected chi connectivity index (χ4v) is 4.70. The van der Waals surface area contributed by atoms with E-state index in [-0.39, 0.29) is 6.04 Å². The van der Waals surface area contributed by atoms with E-state index in [1.54, 1.807) is 0 Å². The molecule has 1 aliphatic heterocycles. The molecule has 1 aromatic rings. The molecule has 1 fully saturated rings. The number of fused-ring (bicyclic) bond motifs is 3. The van der Waals surface area contributed by atoms with Crippen LogP contribution in [0.1, 0.15) is 88.7 Å². The van der Waals surface area contributed by atoms with Crippen LogP contribution in [0.3, 0.4) is 0 Å². The van der Waals surface area contributed by atoms with Crippen LogP contribution in [0.5, 0.6) is 11.5 Å². The molecule has 3 heteroatoms. The van der Waals surface area contributed by atoms with Gasteiger partial charge in [-0.3, -0.25) is 0 Å².